The highest BCUT2D eigenvalue weighted by molar-refractivity contribution is 5.48. The molecule has 1 heterocycles. The van der Waals surface area contributed by atoms with Gasteiger partial charge in [-0.2, -0.15) is 0 Å². The number of anilines is 1. The molecule has 0 bridgehead atoms. The Kier molecular flexibility index (Phi) is 6.96. The van der Waals surface area contributed by atoms with E-state index in [-0.39, 0.29) is 6.61 Å². The molecule has 0 saturated heterocycles. The van der Waals surface area contributed by atoms with Gasteiger partial charge in [0.2, 0.25) is 0 Å². The fourth-order valence-electron chi connectivity index (χ4n) is 2.24. The zero-order valence-corrected chi connectivity index (χ0v) is 13.5. The molecule has 0 atom stereocenters. The van der Waals surface area contributed by atoms with Gasteiger partial charge in [-0.3, -0.25) is 0 Å². The Balaban J connectivity index is 2.76. The third kappa shape index (κ3) is 5.10. The molecule has 114 valence electrons. The Bertz CT molecular complexity index is 405. The van der Waals surface area contributed by atoms with E-state index in [0.717, 1.165) is 24.5 Å². The van der Waals surface area contributed by atoms with Gasteiger partial charge in [-0.1, -0.05) is 13.8 Å². The number of aliphatic hydroxyl groups excluding tert-OH is 1. The summed E-state index contributed by atoms with van der Waals surface area (Å²) in [6, 6.07) is 2.51. The molecule has 4 nitrogen and oxygen atoms in total. The van der Waals surface area contributed by atoms with Gasteiger partial charge in [-0.25, -0.2) is 4.98 Å². The van der Waals surface area contributed by atoms with Gasteiger partial charge >= 0.3 is 0 Å². The van der Waals surface area contributed by atoms with E-state index in [1.165, 1.54) is 5.56 Å². The van der Waals surface area contributed by atoms with Crippen LogP contribution in [0.4, 0.5) is 5.82 Å². The molecule has 0 aromatic carbocycles. The lowest BCUT2D eigenvalue weighted by atomic mass is 10.1. The molecular weight excluding hydrogens is 250 g/mol. The molecule has 0 spiro atoms. The zero-order valence-electron chi connectivity index (χ0n) is 13.5. The number of hydrogen-bond donors (Lipinski definition) is 2. The first-order chi connectivity index (χ1) is 9.45. The quantitative estimate of drug-likeness (QED) is 0.767. The van der Waals surface area contributed by atoms with Gasteiger partial charge in [0.05, 0.1) is 6.61 Å². The molecule has 0 saturated carbocycles. The number of hydrogen-bond acceptors (Lipinski definition) is 4. The second kappa shape index (κ2) is 8.22. The molecule has 0 fully saturated rings. The molecule has 0 aliphatic rings. The van der Waals surface area contributed by atoms with Gasteiger partial charge in [0.15, 0.2) is 0 Å². The van der Waals surface area contributed by atoms with E-state index >= 15 is 0 Å². The van der Waals surface area contributed by atoms with Crippen LogP contribution in [0.3, 0.4) is 0 Å². The molecule has 20 heavy (non-hydrogen) atoms. The molecule has 0 aliphatic heterocycles. The summed E-state index contributed by atoms with van der Waals surface area (Å²) < 4.78 is 0. The van der Waals surface area contributed by atoms with Crippen molar-refractivity contribution in [3.63, 3.8) is 0 Å². The van der Waals surface area contributed by atoms with Crippen molar-refractivity contribution >= 4 is 5.82 Å². The smallest absolute Gasteiger partial charge is 0.131 e. The van der Waals surface area contributed by atoms with Crippen molar-refractivity contribution in [2.45, 2.75) is 47.2 Å². The van der Waals surface area contributed by atoms with Gasteiger partial charge in [0.1, 0.15) is 5.82 Å². The Morgan fingerprint density at radius 2 is 2.00 bits per heavy atom. The minimum Gasteiger partial charge on any atom is -0.395 e. The fraction of sp³-hybridized carbons (Fsp3) is 0.688. The molecule has 2 N–H and O–H groups in total. The van der Waals surface area contributed by atoms with E-state index in [0.29, 0.717) is 18.5 Å². The summed E-state index contributed by atoms with van der Waals surface area (Å²) in [6.45, 7) is 13.4. The summed E-state index contributed by atoms with van der Waals surface area (Å²) in [4.78, 5) is 6.73. The van der Waals surface area contributed by atoms with Crippen LogP contribution in [0.25, 0.3) is 0 Å². The second-order valence-corrected chi connectivity index (χ2v) is 6.02. The van der Waals surface area contributed by atoms with Crippen molar-refractivity contribution in [1.29, 1.82) is 0 Å². The fourth-order valence-corrected chi connectivity index (χ4v) is 2.24. The molecular formula is C16H29N3O. The molecule has 1 rings (SSSR count). The molecule has 0 aliphatic carbocycles. The number of rotatable bonds is 8. The van der Waals surface area contributed by atoms with E-state index in [1.54, 1.807) is 0 Å². The predicted molar refractivity (Wildman–Crippen MR) is 85.1 cm³/mol. The van der Waals surface area contributed by atoms with Crippen LogP contribution in [0.1, 0.15) is 38.8 Å². The van der Waals surface area contributed by atoms with E-state index < -0.39 is 0 Å². The van der Waals surface area contributed by atoms with Crippen molar-refractivity contribution in [1.82, 2.24) is 10.3 Å². The van der Waals surface area contributed by atoms with E-state index in [4.69, 9.17) is 0 Å². The summed E-state index contributed by atoms with van der Waals surface area (Å²) in [5, 5.41) is 12.6. The molecule has 1 aromatic heterocycles. The van der Waals surface area contributed by atoms with Crippen molar-refractivity contribution < 1.29 is 5.11 Å². The first kappa shape index (κ1) is 16.9. The van der Waals surface area contributed by atoms with Gasteiger partial charge in [0, 0.05) is 25.3 Å². The van der Waals surface area contributed by atoms with Crippen molar-refractivity contribution in [3.8, 4) is 0 Å². The van der Waals surface area contributed by atoms with Crippen LogP contribution in [0.5, 0.6) is 0 Å². The van der Waals surface area contributed by atoms with Crippen LogP contribution in [0, 0.1) is 12.8 Å². The minimum absolute atomic E-state index is 0.150. The predicted octanol–water partition coefficient (Wildman–Crippen LogP) is 2.34. The lowest BCUT2D eigenvalue weighted by Crippen LogP contribution is -2.34. The average molecular weight is 279 g/mol. The van der Waals surface area contributed by atoms with Crippen molar-refractivity contribution in [3.05, 3.63) is 23.4 Å². The Morgan fingerprint density at radius 1 is 1.30 bits per heavy atom. The average Bonchev–Trinajstić information content (AvgIpc) is 2.36. The third-order valence-electron chi connectivity index (χ3n) is 3.23. The summed E-state index contributed by atoms with van der Waals surface area (Å²) in [7, 11) is 0. The van der Waals surface area contributed by atoms with E-state index in [2.05, 4.69) is 55.9 Å². The lowest BCUT2D eigenvalue weighted by Gasteiger charge is -2.28. The van der Waals surface area contributed by atoms with Crippen LogP contribution in [0.15, 0.2) is 12.3 Å². The van der Waals surface area contributed by atoms with Crippen molar-refractivity contribution in [2.24, 2.45) is 5.92 Å². The third-order valence-corrected chi connectivity index (χ3v) is 3.23. The molecule has 0 amide bonds. The van der Waals surface area contributed by atoms with Crippen LogP contribution < -0.4 is 10.2 Å². The maximum Gasteiger partial charge on any atom is 0.131 e. The topological polar surface area (TPSA) is 48.4 Å². The molecule has 1 aromatic rings. The number of aromatic nitrogens is 1. The van der Waals surface area contributed by atoms with Gasteiger partial charge in [-0.15, -0.1) is 0 Å². The van der Waals surface area contributed by atoms with Gasteiger partial charge < -0.3 is 15.3 Å². The minimum atomic E-state index is 0.150. The normalized spacial score (nSPS) is 11.4. The maximum atomic E-state index is 9.18. The van der Waals surface area contributed by atoms with Gasteiger partial charge in [-0.05, 0) is 50.4 Å². The first-order valence-electron chi connectivity index (χ1n) is 7.49. The monoisotopic (exact) mass is 279 g/mol. The highest BCUT2D eigenvalue weighted by Gasteiger charge is 2.14. The molecule has 4 heteroatoms. The summed E-state index contributed by atoms with van der Waals surface area (Å²) >= 11 is 0. The Labute approximate surface area is 123 Å². The number of aliphatic hydroxyl groups is 1. The lowest BCUT2D eigenvalue weighted by molar-refractivity contribution is 0.298. The zero-order chi connectivity index (χ0) is 15.1. The Hall–Kier alpha value is -1.13. The Morgan fingerprint density at radius 3 is 2.50 bits per heavy atom. The highest BCUT2D eigenvalue weighted by Crippen LogP contribution is 2.20. The van der Waals surface area contributed by atoms with Crippen LogP contribution in [0.2, 0.25) is 0 Å². The maximum absolute atomic E-state index is 9.18. The summed E-state index contributed by atoms with van der Waals surface area (Å²) in [6.07, 6.45) is 1.93. The SMILES string of the molecule is Cc1cc(CNCC(C)C)cnc1N(CCO)C(C)C. The van der Waals surface area contributed by atoms with Crippen LogP contribution in [-0.4, -0.2) is 35.8 Å². The van der Waals surface area contributed by atoms with Gasteiger partial charge in [0.25, 0.3) is 0 Å². The summed E-state index contributed by atoms with van der Waals surface area (Å²) in [5.74, 6) is 1.63. The second-order valence-electron chi connectivity index (χ2n) is 6.02. The van der Waals surface area contributed by atoms with Crippen LogP contribution >= 0.6 is 0 Å². The first-order valence-corrected chi connectivity index (χ1v) is 7.49. The highest BCUT2D eigenvalue weighted by atomic mass is 16.3. The largest absolute Gasteiger partial charge is 0.395 e. The summed E-state index contributed by atoms with van der Waals surface area (Å²) in [5.41, 5.74) is 2.37. The van der Waals surface area contributed by atoms with E-state index in [9.17, 15) is 5.11 Å². The number of pyridine rings is 1. The molecule has 0 unspecified atom stereocenters. The number of aryl methyl sites for hydroxylation is 1. The van der Waals surface area contributed by atoms with Crippen molar-refractivity contribution in [2.75, 3.05) is 24.6 Å². The standard InChI is InChI=1S/C16H29N3O/c1-12(2)9-17-10-15-8-14(5)16(18-11-15)19(6-7-20)13(3)4/h8,11-13,17,20H,6-7,9-10H2,1-5H3. The number of nitrogens with one attached hydrogen (secondary N) is 1. The van der Waals surface area contributed by atoms with Crippen LogP contribution in [-0.2, 0) is 6.54 Å². The molecule has 0 radical (unpaired) electrons. The number of nitrogens with zero attached hydrogens (tertiary/aromatic N) is 2. The van der Waals surface area contributed by atoms with E-state index in [1.807, 2.05) is 6.20 Å².